The van der Waals surface area contributed by atoms with Gasteiger partial charge in [0.1, 0.15) is 0 Å². The molecule has 0 saturated heterocycles. The van der Waals surface area contributed by atoms with Gasteiger partial charge in [-0.1, -0.05) is 6.92 Å². The SMILES string of the molecule is CC[O-].C[O-].[Be+2]. The third kappa shape index (κ3) is 4940. The van der Waals surface area contributed by atoms with Crippen molar-refractivity contribution in [2.45, 2.75) is 6.92 Å². The van der Waals surface area contributed by atoms with Crippen LogP contribution < -0.4 is 10.2 Å². The first-order chi connectivity index (χ1) is 2.41. The Morgan fingerprint density at radius 2 is 1.33 bits per heavy atom. The van der Waals surface area contributed by atoms with Crippen LogP contribution in [0.15, 0.2) is 0 Å². The van der Waals surface area contributed by atoms with Gasteiger partial charge >= 0.3 is 10.1 Å². The molecular weight excluding hydrogens is 77.0 g/mol. The standard InChI is InChI=1S/C2H5O.CH3O.Be/c1-2-3;1-2;/h2H2,1H3;1H3;/q2*-1;+2. The molecule has 0 spiro atoms. The van der Waals surface area contributed by atoms with E-state index in [-0.39, 0.29) is 16.7 Å². The largest absolute Gasteiger partial charge is 2.00 e. The molecule has 0 aliphatic carbocycles. The van der Waals surface area contributed by atoms with Crippen LogP contribution in [0, 0.1) is 0 Å². The fourth-order valence-electron chi connectivity index (χ4n) is 0. The second-order valence-corrected chi connectivity index (χ2v) is 0.289. The molecule has 6 heavy (non-hydrogen) atoms. The van der Waals surface area contributed by atoms with Gasteiger partial charge in [0.05, 0.1) is 0 Å². The predicted molar refractivity (Wildman–Crippen MR) is 22.2 cm³/mol. The predicted octanol–water partition coefficient (Wildman–Crippen LogP) is -2.04. The molecule has 3 heteroatoms. The Labute approximate surface area is 42.0 Å². The smallest absolute Gasteiger partial charge is 0.857 e. The van der Waals surface area contributed by atoms with E-state index in [9.17, 15) is 0 Å². The monoisotopic (exact) mass is 85.1 g/mol. The van der Waals surface area contributed by atoms with Crippen LogP contribution in [0.2, 0.25) is 0 Å². The van der Waals surface area contributed by atoms with Gasteiger partial charge in [0.15, 0.2) is 0 Å². The van der Waals surface area contributed by atoms with Gasteiger partial charge in [-0.15, -0.1) is 6.61 Å². The van der Waals surface area contributed by atoms with E-state index in [1.165, 1.54) is 0 Å². The van der Waals surface area contributed by atoms with Crippen LogP contribution in [0.25, 0.3) is 0 Å². The van der Waals surface area contributed by atoms with Crippen molar-refractivity contribution in [3.63, 3.8) is 0 Å². The van der Waals surface area contributed by atoms with E-state index in [0.717, 1.165) is 7.11 Å². The third-order valence-corrected chi connectivity index (χ3v) is 0. The minimum Gasteiger partial charge on any atom is -0.857 e. The van der Waals surface area contributed by atoms with E-state index in [1.807, 2.05) is 0 Å². The normalized spacial score (nSPS) is 4.00. The van der Waals surface area contributed by atoms with Gasteiger partial charge in [-0.2, -0.15) is 7.11 Å². The molecule has 0 aliphatic heterocycles. The van der Waals surface area contributed by atoms with E-state index in [4.69, 9.17) is 10.2 Å². The first-order valence-corrected chi connectivity index (χ1v) is 1.40. The molecule has 0 heterocycles. The third-order valence-electron chi connectivity index (χ3n) is 0. The zero-order valence-corrected chi connectivity index (χ0v) is 4.23. The molecule has 0 radical (unpaired) electrons. The second-order valence-electron chi connectivity index (χ2n) is 0.289. The molecule has 0 aromatic heterocycles. The maximum atomic E-state index is 8.93. The Kier molecular flexibility index (Phi) is 198. The zero-order chi connectivity index (χ0) is 4.71. The maximum Gasteiger partial charge on any atom is 2.00 e. The molecule has 0 saturated carbocycles. The van der Waals surface area contributed by atoms with Crippen molar-refractivity contribution in [3.8, 4) is 0 Å². The molecule has 0 fully saturated rings. The molecule has 0 rings (SSSR count). The summed E-state index contributed by atoms with van der Waals surface area (Å²) in [5.74, 6) is 0. The van der Waals surface area contributed by atoms with Crippen molar-refractivity contribution in [3.05, 3.63) is 0 Å². The molecule has 0 amide bonds. The number of hydrogen-bond acceptors (Lipinski definition) is 2. The van der Waals surface area contributed by atoms with E-state index < -0.39 is 0 Å². The molecule has 2 nitrogen and oxygen atoms in total. The van der Waals surface area contributed by atoms with Gasteiger partial charge < -0.3 is 10.2 Å². The van der Waals surface area contributed by atoms with Crippen molar-refractivity contribution in [1.82, 2.24) is 0 Å². The van der Waals surface area contributed by atoms with E-state index in [2.05, 4.69) is 0 Å². The van der Waals surface area contributed by atoms with Gasteiger partial charge in [0.25, 0.3) is 0 Å². The minimum absolute atomic E-state index is 0. The minimum atomic E-state index is 0. The van der Waals surface area contributed by atoms with Crippen LogP contribution in [-0.2, 0) is 0 Å². The summed E-state index contributed by atoms with van der Waals surface area (Å²) >= 11 is 0. The second kappa shape index (κ2) is 71.8. The average Bonchev–Trinajstić information content (AvgIpc) is 1.46. The molecule has 0 aromatic carbocycles. The molecule has 0 N–H and O–H groups in total. The summed E-state index contributed by atoms with van der Waals surface area (Å²) in [5, 5.41) is 17.2. The molecule has 0 aromatic rings. The van der Waals surface area contributed by atoms with Crippen LogP contribution in [-0.4, -0.2) is 23.8 Å². The van der Waals surface area contributed by atoms with Crippen LogP contribution in [0.3, 0.4) is 0 Å². The fraction of sp³-hybridized carbons (Fsp3) is 1.00. The summed E-state index contributed by atoms with van der Waals surface area (Å²) in [6.07, 6.45) is 0. The number of hydrogen-bond donors (Lipinski definition) is 0. The van der Waals surface area contributed by atoms with Gasteiger partial charge in [0.2, 0.25) is 0 Å². The van der Waals surface area contributed by atoms with Crippen molar-refractivity contribution < 1.29 is 10.2 Å². The topological polar surface area (TPSA) is 46.1 Å². The molecule has 34 valence electrons. The summed E-state index contributed by atoms with van der Waals surface area (Å²) in [4.78, 5) is 0. The summed E-state index contributed by atoms with van der Waals surface area (Å²) in [7, 11) is 0.750. The molecule has 0 unspecified atom stereocenters. The first kappa shape index (κ1) is 16.5. The van der Waals surface area contributed by atoms with Gasteiger partial charge in [-0.3, -0.25) is 0 Å². The zero-order valence-electron chi connectivity index (χ0n) is 4.23. The van der Waals surface area contributed by atoms with Gasteiger partial charge in [-0.25, -0.2) is 0 Å². The summed E-state index contributed by atoms with van der Waals surface area (Å²) in [6, 6.07) is 0. The average molecular weight is 85.1 g/mol. The van der Waals surface area contributed by atoms with Gasteiger partial charge in [0, 0.05) is 0 Å². The van der Waals surface area contributed by atoms with Crippen LogP contribution in [0.4, 0.5) is 0 Å². The molecule has 0 atom stereocenters. The fourth-order valence-corrected chi connectivity index (χ4v) is 0. The Morgan fingerprint density at radius 3 is 1.33 bits per heavy atom. The van der Waals surface area contributed by atoms with Crippen LogP contribution >= 0.6 is 0 Å². The van der Waals surface area contributed by atoms with Crippen molar-refractivity contribution in [2.75, 3.05) is 13.7 Å². The van der Waals surface area contributed by atoms with Crippen LogP contribution in [0.1, 0.15) is 6.92 Å². The van der Waals surface area contributed by atoms with E-state index >= 15 is 0 Å². The Morgan fingerprint density at radius 1 is 1.33 bits per heavy atom. The van der Waals surface area contributed by atoms with Crippen molar-refractivity contribution >= 4 is 10.1 Å². The number of rotatable bonds is 0. The van der Waals surface area contributed by atoms with E-state index in [1.54, 1.807) is 6.92 Å². The van der Waals surface area contributed by atoms with Crippen molar-refractivity contribution in [1.29, 1.82) is 0 Å². The summed E-state index contributed by atoms with van der Waals surface area (Å²) < 4.78 is 0. The first-order valence-electron chi connectivity index (χ1n) is 1.40. The van der Waals surface area contributed by atoms with Crippen molar-refractivity contribution in [2.24, 2.45) is 0 Å². The quantitative estimate of drug-likeness (QED) is 0.318. The molecular formula is C3H8BeO2. The maximum absolute atomic E-state index is 8.93. The Balaban J connectivity index is -0.0000000275. The molecule has 0 aliphatic rings. The van der Waals surface area contributed by atoms with Gasteiger partial charge in [-0.05, 0) is 0 Å². The van der Waals surface area contributed by atoms with Crippen LogP contribution in [0.5, 0.6) is 0 Å². The summed E-state index contributed by atoms with van der Waals surface area (Å²) in [6.45, 7) is 1.57. The summed E-state index contributed by atoms with van der Waals surface area (Å²) in [5.41, 5.74) is 0. The van der Waals surface area contributed by atoms with E-state index in [0.29, 0.717) is 0 Å². The molecule has 0 bridgehead atoms. The Bertz CT molecular complexity index is 8.75. The Hall–Kier alpha value is 0.0888.